The Bertz CT molecular complexity index is 1070. The van der Waals surface area contributed by atoms with E-state index in [0.717, 1.165) is 29.0 Å². The van der Waals surface area contributed by atoms with Crippen LogP contribution in [0.4, 0.5) is 0 Å². The summed E-state index contributed by atoms with van der Waals surface area (Å²) in [6, 6.07) is 13.2. The van der Waals surface area contributed by atoms with E-state index in [1.54, 1.807) is 18.2 Å². The molecule has 0 aliphatic carbocycles. The van der Waals surface area contributed by atoms with Gasteiger partial charge in [-0.2, -0.15) is 5.10 Å². The van der Waals surface area contributed by atoms with E-state index in [1.165, 1.54) is 13.3 Å². The summed E-state index contributed by atoms with van der Waals surface area (Å²) in [4.78, 5) is 23.3. The lowest BCUT2D eigenvalue weighted by Crippen LogP contribution is -2.19. The van der Waals surface area contributed by atoms with Crippen molar-refractivity contribution in [3.8, 4) is 5.75 Å². The first-order chi connectivity index (χ1) is 14.4. The fourth-order valence-corrected chi connectivity index (χ4v) is 3.42. The molecule has 0 atom stereocenters. The largest absolute Gasteiger partial charge is 0.488 e. The SMILES string of the molecule is COC(=O)/C=C1/S/C(=N\N=Cc2cc(Cl)ccc2OCc2cccc(C)c2)NC1=O. The average molecular weight is 444 g/mol. The van der Waals surface area contributed by atoms with Gasteiger partial charge in [-0.05, 0) is 42.4 Å². The van der Waals surface area contributed by atoms with Gasteiger partial charge in [0.15, 0.2) is 5.17 Å². The molecule has 30 heavy (non-hydrogen) atoms. The van der Waals surface area contributed by atoms with Crippen LogP contribution < -0.4 is 10.1 Å². The highest BCUT2D eigenvalue weighted by Crippen LogP contribution is 2.25. The Labute approximate surface area is 182 Å². The summed E-state index contributed by atoms with van der Waals surface area (Å²) in [5.74, 6) is -0.463. The number of amidine groups is 1. The van der Waals surface area contributed by atoms with Crippen molar-refractivity contribution in [1.29, 1.82) is 0 Å². The number of nitrogens with zero attached hydrogens (tertiary/aromatic N) is 2. The molecule has 7 nitrogen and oxygen atoms in total. The Morgan fingerprint density at radius 3 is 2.87 bits per heavy atom. The number of methoxy groups -OCH3 is 1. The molecule has 1 amide bonds. The Balaban J connectivity index is 1.71. The van der Waals surface area contributed by atoms with Crippen molar-refractivity contribution in [1.82, 2.24) is 5.32 Å². The van der Waals surface area contributed by atoms with Crippen molar-refractivity contribution in [3.63, 3.8) is 0 Å². The molecule has 0 aromatic heterocycles. The number of hydrogen-bond acceptors (Lipinski definition) is 7. The third-order valence-electron chi connectivity index (χ3n) is 3.90. The number of thioether (sulfide) groups is 1. The van der Waals surface area contributed by atoms with E-state index in [4.69, 9.17) is 16.3 Å². The van der Waals surface area contributed by atoms with Gasteiger partial charge in [0.1, 0.15) is 12.4 Å². The van der Waals surface area contributed by atoms with Crippen molar-refractivity contribution in [2.45, 2.75) is 13.5 Å². The van der Waals surface area contributed by atoms with Gasteiger partial charge in [-0.15, -0.1) is 5.10 Å². The van der Waals surface area contributed by atoms with Crippen molar-refractivity contribution in [2.75, 3.05) is 7.11 Å². The van der Waals surface area contributed by atoms with Crippen LogP contribution in [0.2, 0.25) is 5.02 Å². The van der Waals surface area contributed by atoms with Crippen molar-refractivity contribution in [2.24, 2.45) is 10.2 Å². The smallest absolute Gasteiger partial charge is 0.331 e. The van der Waals surface area contributed by atoms with Crippen LogP contribution in [0, 0.1) is 6.92 Å². The third-order valence-corrected chi connectivity index (χ3v) is 5.03. The molecule has 0 radical (unpaired) electrons. The van der Waals surface area contributed by atoms with E-state index >= 15 is 0 Å². The molecule has 2 aromatic carbocycles. The lowest BCUT2D eigenvalue weighted by atomic mass is 10.1. The van der Waals surface area contributed by atoms with Gasteiger partial charge in [0.2, 0.25) is 0 Å². The Morgan fingerprint density at radius 1 is 1.27 bits per heavy atom. The number of aryl methyl sites for hydroxylation is 1. The van der Waals surface area contributed by atoms with Crippen LogP contribution in [0.3, 0.4) is 0 Å². The summed E-state index contributed by atoms with van der Waals surface area (Å²) in [7, 11) is 1.24. The van der Waals surface area contributed by atoms with Gasteiger partial charge < -0.3 is 9.47 Å². The quantitative estimate of drug-likeness (QED) is 0.317. The Morgan fingerprint density at radius 2 is 2.10 bits per heavy atom. The molecule has 1 N–H and O–H groups in total. The maximum absolute atomic E-state index is 11.8. The maximum atomic E-state index is 11.8. The lowest BCUT2D eigenvalue weighted by molar-refractivity contribution is -0.135. The Hall–Kier alpha value is -3.10. The van der Waals surface area contributed by atoms with E-state index in [2.05, 4.69) is 26.3 Å². The van der Waals surface area contributed by atoms with Gasteiger partial charge in [-0.3, -0.25) is 10.1 Å². The number of rotatable bonds is 6. The molecule has 1 fully saturated rings. The average Bonchev–Trinajstić information content (AvgIpc) is 3.06. The first-order valence-corrected chi connectivity index (χ1v) is 10.0. The number of carbonyl (C=O) groups is 2. The van der Waals surface area contributed by atoms with Crippen LogP contribution in [0.1, 0.15) is 16.7 Å². The fraction of sp³-hybridized carbons (Fsp3) is 0.143. The molecule has 1 saturated heterocycles. The number of amides is 1. The number of nitrogens with one attached hydrogen (secondary N) is 1. The van der Waals surface area contributed by atoms with Crippen molar-refractivity contribution < 1.29 is 19.1 Å². The molecule has 2 aromatic rings. The van der Waals surface area contributed by atoms with Gasteiger partial charge in [0.05, 0.1) is 18.2 Å². The van der Waals surface area contributed by atoms with Crippen LogP contribution in [0.5, 0.6) is 5.75 Å². The second-order valence-corrected chi connectivity index (χ2v) is 7.66. The normalized spacial score (nSPS) is 16.3. The molecule has 0 spiro atoms. The number of ether oxygens (including phenoxy) is 2. The highest BCUT2D eigenvalue weighted by atomic mass is 35.5. The molecule has 1 aliphatic heterocycles. The van der Waals surface area contributed by atoms with Crippen LogP contribution in [0.15, 0.2) is 63.6 Å². The number of hydrogen-bond donors (Lipinski definition) is 1. The monoisotopic (exact) mass is 443 g/mol. The summed E-state index contributed by atoms with van der Waals surface area (Å²) in [5.41, 5.74) is 2.84. The molecule has 1 aliphatic rings. The summed E-state index contributed by atoms with van der Waals surface area (Å²) in [6.45, 7) is 2.42. The maximum Gasteiger partial charge on any atom is 0.331 e. The minimum atomic E-state index is -0.619. The zero-order valence-electron chi connectivity index (χ0n) is 16.2. The second kappa shape index (κ2) is 10.1. The molecule has 9 heteroatoms. The minimum absolute atomic E-state index is 0.181. The topological polar surface area (TPSA) is 89.3 Å². The lowest BCUT2D eigenvalue weighted by Gasteiger charge is -2.10. The van der Waals surface area contributed by atoms with Crippen molar-refractivity contribution in [3.05, 3.63) is 75.2 Å². The number of benzene rings is 2. The summed E-state index contributed by atoms with van der Waals surface area (Å²) in [5, 5.41) is 11.3. The molecule has 0 saturated carbocycles. The van der Waals surface area contributed by atoms with E-state index < -0.39 is 11.9 Å². The van der Waals surface area contributed by atoms with Crippen LogP contribution in [-0.2, 0) is 20.9 Å². The highest BCUT2D eigenvalue weighted by Gasteiger charge is 2.25. The van der Waals surface area contributed by atoms with Gasteiger partial charge in [-0.25, -0.2) is 4.79 Å². The van der Waals surface area contributed by atoms with Gasteiger partial charge in [0.25, 0.3) is 5.91 Å². The number of halogens is 1. The molecular formula is C21H18ClN3O4S. The van der Waals surface area contributed by atoms with Crippen LogP contribution in [0.25, 0.3) is 0 Å². The summed E-state index contributed by atoms with van der Waals surface area (Å²) in [6.07, 6.45) is 2.58. The molecular weight excluding hydrogens is 426 g/mol. The molecule has 0 bridgehead atoms. The fourth-order valence-electron chi connectivity index (χ4n) is 2.50. The predicted molar refractivity (Wildman–Crippen MR) is 118 cm³/mol. The summed E-state index contributed by atoms with van der Waals surface area (Å²) < 4.78 is 10.4. The number of carbonyl (C=O) groups excluding carboxylic acids is 2. The summed E-state index contributed by atoms with van der Waals surface area (Å²) >= 11 is 7.09. The van der Waals surface area contributed by atoms with E-state index in [1.807, 2.05) is 25.1 Å². The first kappa shape index (κ1) is 21.6. The predicted octanol–water partition coefficient (Wildman–Crippen LogP) is 3.84. The zero-order chi connectivity index (χ0) is 21.5. The van der Waals surface area contributed by atoms with Gasteiger partial charge in [0, 0.05) is 16.7 Å². The molecule has 0 unspecified atom stereocenters. The number of esters is 1. The van der Waals surface area contributed by atoms with E-state index in [0.29, 0.717) is 22.9 Å². The van der Waals surface area contributed by atoms with E-state index in [-0.39, 0.29) is 10.1 Å². The van der Waals surface area contributed by atoms with Gasteiger partial charge in [-0.1, -0.05) is 41.4 Å². The standard InChI is InChI=1S/C21H18ClN3O4S/c1-13-4-3-5-14(8-13)12-29-17-7-6-16(22)9-15(17)11-23-25-21-24-20(27)18(30-21)10-19(26)28-2/h3-11H,12H2,1-2H3,(H,24,25,27)/b18-10+,23-11?. The zero-order valence-corrected chi connectivity index (χ0v) is 17.8. The molecule has 154 valence electrons. The minimum Gasteiger partial charge on any atom is -0.488 e. The highest BCUT2D eigenvalue weighted by molar-refractivity contribution is 8.18. The van der Waals surface area contributed by atoms with E-state index in [9.17, 15) is 9.59 Å². The molecule has 3 rings (SSSR count). The molecule has 1 heterocycles. The third kappa shape index (κ3) is 5.95. The van der Waals surface area contributed by atoms with Crippen molar-refractivity contribution >= 4 is 46.6 Å². The van der Waals surface area contributed by atoms with Crippen LogP contribution in [-0.4, -0.2) is 30.4 Å². The second-order valence-electron chi connectivity index (χ2n) is 6.20. The first-order valence-electron chi connectivity index (χ1n) is 8.82. The Kier molecular flexibility index (Phi) is 7.26. The van der Waals surface area contributed by atoms with Crippen LogP contribution >= 0.6 is 23.4 Å². The van der Waals surface area contributed by atoms with Gasteiger partial charge >= 0.3 is 5.97 Å².